The van der Waals surface area contributed by atoms with Crippen molar-refractivity contribution in [2.45, 2.75) is 37.8 Å². The van der Waals surface area contributed by atoms with Gasteiger partial charge in [-0.3, -0.25) is 4.79 Å². The molecule has 4 N–H and O–H groups in total. The number of amides is 1. The van der Waals surface area contributed by atoms with Crippen LogP contribution in [0.3, 0.4) is 0 Å². The normalized spacial score (nSPS) is 15.9. The van der Waals surface area contributed by atoms with Gasteiger partial charge >= 0.3 is 12.5 Å². The van der Waals surface area contributed by atoms with Gasteiger partial charge in [-0.15, -0.1) is 13.2 Å². The molecule has 0 aliphatic heterocycles. The molecule has 158 valence electrons. The molecule has 0 bridgehead atoms. The quantitative estimate of drug-likeness (QED) is 0.696. The summed E-state index contributed by atoms with van der Waals surface area (Å²) in [5, 5.41) is 3.90. The lowest BCUT2D eigenvalue weighted by Gasteiger charge is -2.20. The fraction of sp³-hybridized carbons (Fsp3) is 0.412. The van der Waals surface area contributed by atoms with E-state index in [1.807, 2.05) is 0 Å². The van der Waals surface area contributed by atoms with Gasteiger partial charge < -0.3 is 16.2 Å². The highest BCUT2D eigenvalue weighted by atomic mass is 19.4. The Labute approximate surface area is 160 Å². The van der Waals surface area contributed by atoms with Crippen molar-refractivity contribution >= 4 is 11.7 Å². The number of benzene rings is 1. The van der Waals surface area contributed by atoms with Gasteiger partial charge in [0.05, 0.1) is 18.2 Å². The third kappa shape index (κ3) is 4.93. The van der Waals surface area contributed by atoms with Crippen LogP contribution in [0.5, 0.6) is 5.75 Å². The summed E-state index contributed by atoms with van der Waals surface area (Å²) in [7, 11) is 0. The van der Waals surface area contributed by atoms with Gasteiger partial charge in [-0.05, 0) is 36.5 Å². The van der Waals surface area contributed by atoms with Crippen molar-refractivity contribution in [1.29, 1.82) is 0 Å². The molecule has 1 aromatic heterocycles. The summed E-state index contributed by atoms with van der Waals surface area (Å²) < 4.78 is 80.4. The zero-order chi connectivity index (χ0) is 21.6. The molecule has 1 aliphatic carbocycles. The second kappa shape index (κ2) is 7.16. The molecule has 2 aromatic rings. The van der Waals surface area contributed by atoms with Gasteiger partial charge in [0.2, 0.25) is 0 Å². The molecule has 3 rings (SSSR count). The lowest BCUT2D eigenvalue weighted by atomic mass is 10.0. The molecule has 1 aliphatic rings. The third-order valence-corrected chi connectivity index (χ3v) is 4.42. The first-order valence-corrected chi connectivity index (χ1v) is 8.45. The summed E-state index contributed by atoms with van der Waals surface area (Å²) in [6, 6.07) is 4.21. The SMILES string of the molecule is NC(=O)c1c(CC(F)(F)F)nn(C(c2ccc(OC(F)(F)F)cc2)C2CC2)c1N. The molecule has 1 atom stereocenters. The number of halogens is 6. The topological polar surface area (TPSA) is 96.2 Å². The Hall–Kier alpha value is -2.92. The summed E-state index contributed by atoms with van der Waals surface area (Å²) in [5.41, 5.74) is 10.5. The van der Waals surface area contributed by atoms with E-state index in [4.69, 9.17) is 11.5 Å². The van der Waals surface area contributed by atoms with E-state index in [1.165, 1.54) is 12.1 Å². The smallest absolute Gasteiger partial charge is 0.406 e. The number of aromatic nitrogens is 2. The minimum absolute atomic E-state index is 0.0500. The summed E-state index contributed by atoms with van der Waals surface area (Å²) in [6.45, 7) is 0. The molecule has 0 spiro atoms. The van der Waals surface area contributed by atoms with Crippen LogP contribution in [0.1, 0.15) is 40.5 Å². The van der Waals surface area contributed by atoms with Crippen molar-refractivity contribution in [3.05, 3.63) is 41.1 Å². The molecule has 29 heavy (non-hydrogen) atoms. The molecule has 1 fully saturated rings. The molecule has 1 heterocycles. The fourth-order valence-electron chi connectivity index (χ4n) is 3.18. The van der Waals surface area contributed by atoms with Crippen LogP contribution in [0, 0.1) is 5.92 Å². The number of carbonyl (C=O) groups excluding carboxylic acids is 1. The van der Waals surface area contributed by atoms with Gasteiger partial charge in [-0.1, -0.05) is 12.1 Å². The highest BCUT2D eigenvalue weighted by molar-refractivity contribution is 5.98. The first-order valence-electron chi connectivity index (χ1n) is 8.45. The molecule has 1 aromatic carbocycles. The van der Waals surface area contributed by atoms with Gasteiger partial charge in [0.25, 0.3) is 5.91 Å². The Morgan fingerprint density at radius 1 is 1.17 bits per heavy atom. The zero-order valence-corrected chi connectivity index (χ0v) is 14.7. The molecule has 1 unspecified atom stereocenters. The van der Waals surface area contributed by atoms with E-state index in [9.17, 15) is 31.1 Å². The van der Waals surface area contributed by atoms with Gasteiger partial charge in [0.1, 0.15) is 17.1 Å². The Kier molecular flexibility index (Phi) is 5.13. The molecule has 0 saturated heterocycles. The summed E-state index contributed by atoms with van der Waals surface area (Å²) >= 11 is 0. The maximum absolute atomic E-state index is 12.9. The van der Waals surface area contributed by atoms with Crippen LogP contribution in [-0.4, -0.2) is 28.2 Å². The monoisotopic (exact) mass is 422 g/mol. The van der Waals surface area contributed by atoms with Crippen molar-refractivity contribution in [2.75, 3.05) is 5.73 Å². The number of nitrogen functional groups attached to an aromatic ring is 1. The van der Waals surface area contributed by atoms with Gasteiger partial charge in [0.15, 0.2) is 0 Å². The summed E-state index contributed by atoms with van der Waals surface area (Å²) in [4.78, 5) is 11.7. The molecule has 0 radical (unpaired) electrons. The number of ether oxygens (including phenoxy) is 1. The Balaban J connectivity index is 2.00. The number of nitrogens with zero attached hydrogens (tertiary/aromatic N) is 2. The first-order chi connectivity index (χ1) is 13.4. The van der Waals surface area contributed by atoms with Crippen LogP contribution < -0.4 is 16.2 Å². The molecule has 1 amide bonds. The lowest BCUT2D eigenvalue weighted by molar-refractivity contribution is -0.274. The van der Waals surface area contributed by atoms with E-state index in [0.29, 0.717) is 18.4 Å². The number of hydrogen-bond acceptors (Lipinski definition) is 4. The highest BCUT2D eigenvalue weighted by Gasteiger charge is 2.39. The van der Waals surface area contributed by atoms with Crippen molar-refractivity contribution in [1.82, 2.24) is 9.78 Å². The number of carbonyl (C=O) groups is 1. The highest BCUT2D eigenvalue weighted by Crippen LogP contribution is 2.45. The number of nitrogens with two attached hydrogens (primary N) is 2. The van der Waals surface area contributed by atoms with Crippen LogP contribution in [0.4, 0.5) is 32.2 Å². The minimum atomic E-state index is -4.85. The Morgan fingerprint density at radius 2 is 1.76 bits per heavy atom. The number of primary amides is 1. The van der Waals surface area contributed by atoms with E-state index in [0.717, 1.165) is 16.8 Å². The van der Waals surface area contributed by atoms with Crippen LogP contribution in [0.15, 0.2) is 24.3 Å². The lowest BCUT2D eigenvalue weighted by Crippen LogP contribution is -2.19. The molecular formula is C17H16F6N4O2. The van der Waals surface area contributed by atoms with Gasteiger partial charge in [-0.25, -0.2) is 4.68 Å². The first kappa shape index (κ1) is 20.8. The van der Waals surface area contributed by atoms with E-state index in [1.54, 1.807) is 0 Å². The third-order valence-electron chi connectivity index (χ3n) is 4.42. The van der Waals surface area contributed by atoms with E-state index < -0.39 is 47.9 Å². The van der Waals surface area contributed by atoms with Crippen molar-refractivity contribution in [2.24, 2.45) is 11.7 Å². The maximum Gasteiger partial charge on any atom is 0.573 e. The molecule has 6 nitrogen and oxygen atoms in total. The van der Waals surface area contributed by atoms with Crippen molar-refractivity contribution in [3.8, 4) is 5.75 Å². The van der Waals surface area contributed by atoms with E-state index >= 15 is 0 Å². The van der Waals surface area contributed by atoms with Crippen LogP contribution in [0.2, 0.25) is 0 Å². The maximum atomic E-state index is 12.9. The largest absolute Gasteiger partial charge is 0.573 e. The second-order valence-electron chi connectivity index (χ2n) is 6.71. The standard InChI is InChI=1S/C17H16F6N4O2/c18-16(19,20)7-11-12(15(25)28)14(24)27(26-11)13(8-1-2-8)9-3-5-10(6-4-9)29-17(21,22)23/h3-6,8,13H,1-2,7,24H2,(H2,25,28). The fourth-order valence-corrected chi connectivity index (χ4v) is 3.18. The molecular weight excluding hydrogens is 406 g/mol. The number of alkyl halides is 6. The van der Waals surface area contributed by atoms with Crippen LogP contribution in [-0.2, 0) is 6.42 Å². The molecule has 1 saturated carbocycles. The van der Waals surface area contributed by atoms with E-state index in [-0.39, 0.29) is 11.7 Å². The number of rotatable bonds is 6. The number of anilines is 1. The Bertz CT molecular complexity index is 900. The van der Waals surface area contributed by atoms with Gasteiger partial charge in [-0.2, -0.15) is 18.3 Å². The second-order valence-corrected chi connectivity index (χ2v) is 6.71. The Morgan fingerprint density at radius 3 is 2.21 bits per heavy atom. The summed E-state index contributed by atoms with van der Waals surface area (Å²) in [6.07, 6.45) is -9.55. The van der Waals surface area contributed by atoms with Crippen LogP contribution >= 0.6 is 0 Å². The average Bonchev–Trinajstić information content (AvgIpc) is 3.32. The van der Waals surface area contributed by atoms with Gasteiger partial charge in [0, 0.05) is 0 Å². The minimum Gasteiger partial charge on any atom is -0.406 e. The number of hydrogen-bond donors (Lipinski definition) is 2. The predicted molar refractivity (Wildman–Crippen MR) is 88.9 cm³/mol. The predicted octanol–water partition coefficient (Wildman–Crippen LogP) is 3.57. The zero-order valence-electron chi connectivity index (χ0n) is 14.7. The molecule has 12 heteroatoms. The average molecular weight is 422 g/mol. The van der Waals surface area contributed by atoms with E-state index in [2.05, 4.69) is 9.84 Å². The summed E-state index contributed by atoms with van der Waals surface area (Å²) in [5.74, 6) is -1.95. The van der Waals surface area contributed by atoms with Crippen LogP contribution in [0.25, 0.3) is 0 Å². The van der Waals surface area contributed by atoms with Crippen molar-refractivity contribution in [3.63, 3.8) is 0 Å². The van der Waals surface area contributed by atoms with Crippen molar-refractivity contribution < 1.29 is 35.9 Å².